The standard InChI is InChI=1S/C15H17FO2S/c1-3-12-5-6-13(19-12)9-18-15-8-11(16)4-7-14(15)10(2)17/h4-8,10,17H,3,9H2,1-2H3/t10-/m1/s1. The Morgan fingerprint density at radius 2 is 2.00 bits per heavy atom. The van der Waals surface area contributed by atoms with Crippen LogP contribution in [0, 0.1) is 5.82 Å². The van der Waals surface area contributed by atoms with Gasteiger partial charge >= 0.3 is 0 Å². The highest BCUT2D eigenvalue weighted by Crippen LogP contribution is 2.27. The van der Waals surface area contributed by atoms with Gasteiger partial charge in [-0.25, -0.2) is 4.39 Å². The molecular formula is C15H17FO2S. The van der Waals surface area contributed by atoms with Gasteiger partial charge in [-0.15, -0.1) is 11.3 Å². The molecule has 0 unspecified atom stereocenters. The SMILES string of the molecule is CCc1ccc(COc2cc(F)ccc2[C@@H](C)O)s1. The Hall–Kier alpha value is -1.39. The normalized spacial score (nSPS) is 12.4. The molecule has 0 fully saturated rings. The van der Waals surface area contributed by atoms with Crippen LogP contribution in [-0.4, -0.2) is 5.11 Å². The molecule has 0 amide bonds. The van der Waals surface area contributed by atoms with E-state index in [0.717, 1.165) is 11.3 Å². The van der Waals surface area contributed by atoms with E-state index in [-0.39, 0.29) is 5.82 Å². The Bertz CT molecular complexity index is 549. The lowest BCUT2D eigenvalue weighted by atomic mass is 10.1. The Morgan fingerprint density at radius 3 is 2.63 bits per heavy atom. The van der Waals surface area contributed by atoms with Gasteiger partial charge in [0.2, 0.25) is 0 Å². The van der Waals surface area contributed by atoms with E-state index in [1.807, 2.05) is 6.07 Å². The maximum absolute atomic E-state index is 13.2. The molecule has 0 saturated heterocycles. The minimum absolute atomic E-state index is 0.361. The molecule has 1 N–H and O–H groups in total. The summed E-state index contributed by atoms with van der Waals surface area (Å²) in [5.41, 5.74) is 0.605. The zero-order valence-electron chi connectivity index (χ0n) is 11.0. The van der Waals surface area contributed by atoms with Gasteiger partial charge in [0.15, 0.2) is 0 Å². The molecular weight excluding hydrogens is 263 g/mol. The second kappa shape index (κ2) is 6.17. The largest absolute Gasteiger partial charge is 0.488 e. The third kappa shape index (κ3) is 3.55. The van der Waals surface area contributed by atoms with Crippen LogP contribution in [0.5, 0.6) is 5.75 Å². The number of aliphatic hydroxyl groups is 1. The number of aryl methyl sites for hydroxylation is 1. The van der Waals surface area contributed by atoms with Crippen LogP contribution in [0.2, 0.25) is 0 Å². The fourth-order valence-corrected chi connectivity index (χ4v) is 2.69. The quantitative estimate of drug-likeness (QED) is 0.894. The van der Waals surface area contributed by atoms with Gasteiger partial charge in [0.1, 0.15) is 18.2 Å². The molecule has 1 atom stereocenters. The van der Waals surface area contributed by atoms with Crippen molar-refractivity contribution in [3.8, 4) is 5.75 Å². The molecule has 0 spiro atoms. The van der Waals surface area contributed by atoms with Crippen molar-refractivity contribution in [1.82, 2.24) is 0 Å². The second-order valence-corrected chi connectivity index (χ2v) is 5.62. The Labute approximate surface area is 116 Å². The third-order valence-electron chi connectivity index (χ3n) is 2.86. The van der Waals surface area contributed by atoms with Crippen molar-refractivity contribution < 1.29 is 14.2 Å². The average molecular weight is 280 g/mol. The van der Waals surface area contributed by atoms with Crippen LogP contribution < -0.4 is 4.74 Å². The molecule has 1 heterocycles. The van der Waals surface area contributed by atoms with Gasteiger partial charge in [0, 0.05) is 21.4 Å². The number of ether oxygens (including phenoxy) is 1. The first kappa shape index (κ1) is 14.0. The molecule has 0 aliphatic carbocycles. The molecule has 0 aliphatic heterocycles. The summed E-state index contributed by atoms with van der Waals surface area (Å²) in [6.45, 7) is 4.14. The van der Waals surface area contributed by atoms with Crippen LogP contribution in [-0.2, 0) is 13.0 Å². The molecule has 19 heavy (non-hydrogen) atoms. The van der Waals surface area contributed by atoms with Gasteiger partial charge in [-0.3, -0.25) is 0 Å². The molecule has 0 saturated carbocycles. The van der Waals surface area contributed by atoms with Crippen molar-refractivity contribution >= 4 is 11.3 Å². The summed E-state index contributed by atoms with van der Waals surface area (Å²) in [6.07, 6.45) is 0.328. The summed E-state index contributed by atoms with van der Waals surface area (Å²) in [6, 6.07) is 8.29. The maximum atomic E-state index is 13.2. The van der Waals surface area contributed by atoms with Crippen LogP contribution in [0.4, 0.5) is 4.39 Å². The Balaban J connectivity index is 2.12. The predicted octanol–water partition coefficient (Wildman–Crippen LogP) is 4.08. The van der Waals surface area contributed by atoms with Gasteiger partial charge < -0.3 is 9.84 Å². The number of halogens is 1. The summed E-state index contributed by atoms with van der Waals surface area (Å²) >= 11 is 1.69. The predicted molar refractivity (Wildman–Crippen MR) is 75.1 cm³/mol. The number of aliphatic hydroxyl groups excluding tert-OH is 1. The highest BCUT2D eigenvalue weighted by atomic mass is 32.1. The number of thiophene rings is 1. The van der Waals surface area contributed by atoms with E-state index in [1.54, 1.807) is 24.3 Å². The van der Waals surface area contributed by atoms with Gasteiger partial charge in [-0.2, -0.15) is 0 Å². The van der Waals surface area contributed by atoms with Crippen molar-refractivity contribution in [1.29, 1.82) is 0 Å². The van der Waals surface area contributed by atoms with Gasteiger partial charge in [-0.1, -0.05) is 6.92 Å². The monoisotopic (exact) mass is 280 g/mol. The molecule has 1 aromatic carbocycles. The van der Waals surface area contributed by atoms with Crippen molar-refractivity contribution in [2.24, 2.45) is 0 Å². The van der Waals surface area contributed by atoms with Crippen molar-refractivity contribution in [2.75, 3.05) is 0 Å². The molecule has 4 heteroatoms. The van der Waals surface area contributed by atoms with Crippen LogP contribution in [0.25, 0.3) is 0 Å². The fourth-order valence-electron chi connectivity index (χ4n) is 1.82. The highest BCUT2D eigenvalue weighted by Gasteiger charge is 2.11. The van der Waals surface area contributed by atoms with Gasteiger partial charge in [0.25, 0.3) is 0 Å². The first-order valence-corrected chi connectivity index (χ1v) is 7.09. The Kier molecular flexibility index (Phi) is 4.56. The third-order valence-corrected chi connectivity index (χ3v) is 4.06. The molecule has 0 radical (unpaired) electrons. The topological polar surface area (TPSA) is 29.5 Å². The van der Waals surface area contributed by atoms with Crippen molar-refractivity contribution in [3.63, 3.8) is 0 Å². The van der Waals surface area contributed by atoms with Crippen molar-refractivity contribution in [3.05, 3.63) is 51.5 Å². The zero-order chi connectivity index (χ0) is 13.8. The summed E-state index contributed by atoms with van der Waals surface area (Å²) in [7, 11) is 0. The molecule has 102 valence electrons. The molecule has 0 bridgehead atoms. The fraction of sp³-hybridized carbons (Fsp3) is 0.333. The lowest BCUT2D eigenvalue weighted by Gasteiger charge is -2.12. The number of hydrogen-bond acceptors (Lipinski definition) is 3. The lowest BCUT2D eigenvalue weighted by molar-refractivity contribution is 0.190. The van der Waals surface area contributed by atoms with E-state index < -0.39 is 6.10 Å². The van der Waals surface area contributed by atoms with Crippen LogP contribution in [0.15, 0.2) is 30.3 Å². The number of benzene rings is 1. The van der Waals surface area contributed by atoms with E-state index in [9.17, 15) is 9.50 Å². The smallest absolute Gasteiger partial charge is 0.128 e. The first-order chi connectivity index (χ1) is 9.10. The summed E-state index contributed by atoms with van der Waals surface area (Å²) in [5, 5.41) is 9.63. The van der Waals surface area contributed by atoms with E-state index in [4.69, 9.17) is 4.74 Å². The zero-order valence-corrected chi connectivity index (χ0v) is 11.8. The van der Waals surface area contributed by atoms with E-state index in [0.29, 0.717) is 17.9 Å². The van der Waals surface area contributed by atoms with Crippen molar-refractivity contribution in [2.45, 2.75) is 33.0 Å². The van der Waals surface area contributed by atoms with Gasteiger partial charge in [-0.05, 0) is 37.6 Å². The number of hydrogen-bond donors (Lipinski definition) is 1. The molecule has 1 aromatic heterocycles. The first-order valence-electron chi connectivity index (χ1n) is 6.28. The molecule has 2 aromatic rings. The minimum Gasteiger partial charge on any atom is -0.488 e. The summed E-state index contributed by atoms with van der Waals surface area (Å²) in [4.78, 5) is 2.39. The molecule has 2 nitrogen and oxygen atoms in total. The maximum Gasteiger partial charge on any atom is 0.128 e. The highest BCUT2D eigenvalue weighted by molar-refractivity contribution is 7.11. The summed E-state index contributed by atoms with van der Waals surface area (Å²) in [5.74, 6) is 0.0428. The molecule has 2 rings (SSSR count). The second-order valence-electron chi connectivity index (χ2n) is 4.37. The van der Waals surface area contributed by atoms with Crippen LogP contribution in [0.1, 0.15) is 35.3 Å². The number of rotatable bonds is 5. The van der Waals surface area contributed by atoms with E-state index in [1.165, 1.54) is 17.0 Å². The summed E-state index contributed by atoms with van der Waals surface area (Å²) < 4.78 is 18.9. The van der Waals surface area contributed by atoms with E-state index >= 15 is 0 Å². The van der Waals surface area contributed by atoms with Crippen LogP contribution in [0.3, 0.4) is 0 Å². The lowest BCUT2D eigenvalue weighted by Crippen LogP contribution is -2.00. The minimum atomic E-state index is -0.676. The Morgan fingerprint density at radius 1 is 1.26 bits per heavy atom. The van der Waals surface area contributed by atoms with Gasteiger partial charge in [0.05, 0.1) is 6.10 Å². The average Bonchev–Trinajstić information content (AvgIpc) is 2.84. The molecule has 0 aliphatic rings. The van der Waals surface area contributed by atoms with Crippen LogP contribution >= 0.6 is 11.3 Å². The van der Waals surface area contributed by atoms with E-state index in [2.05, 4.69) is 13.0 Å².